The molecule has 0 aliphatic carbocycles. The molecule has 4 rings (SSSR count). The third-order valence-corrected chi connectivity index (χ3v) is 4.83. The van der Waals surface area contributed by atoms with Crippen molar-refractivity contribution in [2.45, 2.75) is 26.4 Å². The summed E-state index contributed by atoms with van der Waals surface area (Å²) in [5.41, 5.74) is 0. The molecule has 0 spiro atoms. The second-order valence-corrected chi connectivity index (χ2v) is 7.13. The highest BCUT2D eigenvalue weighted by molar-refractivity contribution is 5.84. The lowest BCUT2D eigenvalue weighted by molar-refractivity contribution is -0.119. The first-order chi connectivity index (χ1) is 14.7. The molecule has 4 nitrogen and oxygen atoms in total. The van der Waals surface area contributed by atoms with E-state index in [4.69, 9.17) is 18.9 Å². The molecule has 0 bridgehead atoms. The van der Waals surface area contributed by atoms with E-state index in [-0.39, 0.29) is 12.6 Å². The fourth-order valence-corrected chi connectivity index (χ4v) is 3.36. The summed E-state index contributed by atoms with van der Waals surface area (Å²) in [5, 5.41) is 4.66. The molecule has 0 radical (unpaired) electrons. The normalized spacial score (nSPS) is 13.3. The lowest BCUT2D eigenvalue weighted by Gasteiger charge is -2.18. The molecule has 2 atom stereocenters. The first-order valence-electron chi connectivity index (χ1n) is 10.2. The SMILES string of the molecule is CC(OCCOC(C)Oc1ccc2ccccc2c1)Oc1ccc2ccccc2c1. The van der Waals surface area contributed by atoms with Crippen molar-refractivity contribution in [2.75, 3.05) is 13.2 Å². The third-order valence-electron chi connectivity index (χ3n) is 4.83. The molecular formula is C26H26O4. The van der Waals surface area contributed by atoms with Gasteiger partial charge in [-0.1, -0.05) is 60.7 Å². The van der Waals surface area contributed by atoms with Gasteiger partial charge in [-0.2, -0.15) is 0 Å². The monoisotopic (exact) mass is 402 g/mol. The molecule has 4 heteroatoms. The lowest BCUT2D eigenvalue weighted by Crippen LogP contribution is -2.23. The Morgan fingerprint density at radius 3 is 1.37 bits per heavy atom. The molecule has 0 amide bonds. The maximum absolute atomic E-state index is 5.86. The van der Waals surface area contributed by atoms with Crippen LogP contribution in [0.5, 0.6) is 11.5 Å². The van der Waals surface area contributed by atoms with Gasteiger partial charge in [-0.25, -0.2) is 0 Å². The van der Waals surface area contributed by atoms with Crippen molar-refractivity contribution < 1.29 is 18.9 Å². The minimum atomic E-state index is -0.369. The standard InChI is InChI=1S/C26H26O4/c1-19(29-25-13-11-21-7-3-5-9-23(21)17-25)27-15-16-28-20(2)30-26-14-12-22-8-4-6-10-24(22)18-26/h3-14,17-20H,15-16H2,1-2H3. The Morgan fingerprint density at radius 2 is 0.933 bits per heavy atom. The molecule has 154 valence electrons. The maximum Gasteiger partial charge on any atom is 0.197 e. The van der Waals surface area contributed by atoms with Crippen LogP contribution in [0.1, 0.15) is 13.8 Å². The Morgan fingerprint density at radius 1 is 0.533 bits per heavy atom. The number of hydrogen-bond donors (Lipinski definition) is 0. The van der Waals surface area contributed by atoms with Crippen LogP contribution in [0.25, 0.3) is 21.5 Å². The van der Waals surface area contributed by atoms with Gasteiger partial charge in [0.1, 0.15) is 11.5 Å². The van der Waals surface area contributed by atoms with Gasteiger partial charge in [0.05, 0.1) is 13.2 Å². The molecule has 0 heterocycles. The Labute approximate surface area is 176 Å². The van der Waals surface area contributed by atoms with Crippen molar-refractivity contribution >= 4 is 21.5 Å². The van der Waals surface area contributed by atoms with E-state index >= 15 is 0 Å². The van der Waals surface area contributed by atoms with Gasteiger partial charge in [-0.15, -0.1) is 0 Å². The average molecular weight is 402 g/mol. The summed E-state index contributed by atoms with van der Waals surface area (Å²) in [6, 6.07) is 28.4. The second-order valence-electron chi connectivity index (χ2n) is 7.13. The molecule has 0 fully saturated rings. The molecule has 0 saturated heterocycles. The first-order valence-corrected chi connectivity index (χ1v) is 10.2. The molecule has 0 N–H and O–H groups in total. The van der Waals surface area contributed by atoms with E-state index in [1.807, 2.05) is 74.5 Å². The number of hydrogen-bond acceptors (Lipinski definition) is 4. The zero-order valence-corrected chi connectivity index (χ0v) is 17.3. The number of rotatable bonds is 9. The van der Waals surface area contributed by atoms with Crippen molar-refractivity contribution in [1.29, 1.82) is 0 Å². The lowest BCUT2D eigenvalue weighted by atomic mass is 10.1. The highest BCUT2D eigenvalue weighted by Crippen LogP contribution is 2.22. The van der Waals surface area contributed by atoms with Crippen LogP contribution in [0.3, 0.4) is 0 Å². The van der Waals surface area contributed by atoms with Crippen LogP contribution in [0.4, 0.5) is 0 Å². The number of ether oxygens (including phenoxy) is 4. The summed E-state index contributed by atoms with van der Waals surface area (Å²) in [6.07, 6.45) is -0.738. The van der Waals surface area contributed by atoms with Crippen LogP contribution in [0.15, 0.2) is 84.9 Å². The highest BCUT2D eigenvalue weighted by atomic mass is 16.7. The summed E-state index contributed by atoms with van der Waals surface area (Å²) in [6.45, 7) is 4.59. The van der Waals surface area contributed by atoms with Crippen LogP contribution in [0.2, 0.25) is 0 Å². The van der Waals surface area contributed by atoms with E-state index in [0.717, 1.165) is 22.3 Å². The van der Waals surface area contributed by atoms with Crippen molar-refractivity contribution in [3.05, 3.63) is 84.9 Å². The average Bonchev–Trinajstić information content (AvgIpc) is 2.76. The Hall–Kier alpha value is -3.08. The largest absolute Gasteiger partial charge is 0.465 e. The van der Waals surface area contributed by atoms with E-state index in [0.29, 0.717) is 13.2 Å². The zero-order valence-electron chi connectivity index (χ0n) is 17.3. The molecule has 30 heavy (non-hydrogen) atoms. The molecular weight excluding hydrogens is 376 g/mol. The summed E-state index contributed by atoms with van der Waals surface area (Å²) < 4.78 is 23.1. The predicted octanol–water partition coefficient (Wildman–Crippen LogP) is 6.18. The van der Waals surface area contributed by atoms with Crippen molar-refractivity contribution in [1.82, 2.24) is 0 Å². The van der Waals surface area contributed by atoms with Gasteiger partial charge >= 0.3 is 0 Å². The fraction of sp³-hybridized carbons (Fsp3) is 0.231. The quantitative estimate of drug-likeness (QED) is 0.248. The zero-order chi connectivity index (χ0) is 20.8. The molecule has 0 aliphatic heterocycles. The molecule has 0 aliphatic rings. The molecule has 2 unspecified atom stereocenters. The summed E-state index contributed by atoms with van der Waals surface area (Å²) >= 11 is 0. The predicted molar refractivity (Wildman–Crippen MR) is 120 cm³/mol. The Kier molecular flexibility index (Phi) is 6.47. The molecule has 4 aromatic carbocycles. The second kappa shape index (κ2) is 9.61. The van der Waals surface area contributed by atoms with Gasteiger partial charge in [-0.3, -0.25) is 0 Å². The maximum atomic E-state index is 5.86. The van der Waals surface area contributed by atoms with Crippen LogP contribution in [0, 0.1) is 0 Å². The van der Waals surface area contributed by atoms with Gasteiger partial charge in [0.15, 0.2) is 12.6 Å². The van der Waals surface area contributed by atoms with E-state index in [1.165, 1.54) is 10.8 Å². The van der Waals surface area contributed by atoms with Crippen LogP contribution in [-0.2, 0) is 9.47 Å². The van der Waals surface area contributed by atoms with E-state index in [2.05, 4.69) is 24.3 Å². The minimum absolute atomic E-state index is 0.369. The van der Waals surface area contributed by atoms with Crippen molar-refractivity contribution in [3.63, 3.8) is 0 Å². The van der Waals surface area contributed by atoms with Gasteiger partial charge < -0.3 is 18.9 Å². The van der Waals surface area contributed by atoms with Crippen molar-refractivity contribution in [2.24, 2.45) is 0 Å². The topological polar surface area (TPSA) is 36.9 Å². The van der Waals surface area contributed by atoms with Gasteiger partial charge in [0, 0.05) is 0 Å². The molecule has 0 aromatic heterocycles. The Bertz CT molecular complexity index is 1020. The number of benzene rings is 4. The van der Waals surface area contributed by atoms with E-state index in [9.17, 15) is 0 Å². The summed E-state index contributed by atoms with van der Waals surface area (Å²) in [7, 11) is 0. The van der Waals surface area contributed by atoms with Crippen LogP contribution in [-0.4, -0.2) is 25.8 Å². The van der Waals surface area contributed by atoms with Crippen molar-refractivity contribution in [3.8, 4) is 11.5 Å². The van der Waals surface area contributed by atoms with Gasteiger partial charge in [0.2, 0.25) is 0 Å². The number of fused-ring (bicyclic) bond motifs is 2. The summed E-state index contributed by atoms with van der Waals surface area (Å²) in [4.78, 5) is 0. The highest BCUT2D eigenvalue weighted by Gasteiger charge is 2.08. The minimum Gasteiger partial charge on any atom is -0.465 e. The summed E-state index contributed by atoms with van der Waals surface area (Å²) in [5.74, 6) is 1.57. The molecule has 4 aromatic rings. The Balaban J connectivity index is 1.19. The van der Waals surface area contributed by atoms with E-state index < -0.39 is 0 Å². The van der Waals surface area contributed by atoms with Gasteiger partial charge in [0.25, 0.3) is 0 Å². The first kappa shape index (κ1) is 20.2. The molecule has 0 saturated carbocycles. The third kappa shape index (κ3) is 5.29. The smallest absolute Gasteiger partial charge is 0.197 e. The van der Waals surface area contributed by atoms with Gasteiger partial charge in [-0.05, 0) is 59.7 Å². The van der Waals surface area contributed by atoms with Crippen LogP contribution < -0.4 is 9.47 Å². The fourth-order valence-electron chi connectivity index (χ4n) is 3.36. The van der Waals surface area contributed by atoms with Crippen LogP contribution >= 0.6 is 0 Å². The van der Waals surface area contributed by atoms with E-state index in [1.54, 1.807) is 0 Å².